The first-order valence-corrected chi connectivity index (χ1v) is 13.8. The molecule has 2 aromatic rings. The minimum absolute atomic E-state index is 0.180. The van der Waals surface area contributed by atoms with Crippen LogP contribution in [0.25, 0.3) is 17.2 Å². The van der Waals surface area contributed by atoms with Gasteiger partial charge in [-0.3, -0.25) is 4.99 Å². The van der Waals surface area contributed by atoms with E-state index in [9.17, 15) is 0 Å². The number of allylic oxidation sites excluding steroid dienone is 5. The Morgan fingerprint density at radius 3 is 2.27 bits per heavy atom. The highest BCUT2D eigenvalue weighted by Gasteiger charge is 2.31. The summed E-state index contributed by atoms with van der Waals surface area (Å²) >= 11 is 0. The molecule has 0 saturated carbocycles. The fourth-order valence-electron chi connectivity index (χ4n) is 5.70. The summed E-state index contributed by atoms with van der Waals surface area (Å²) in [6.45, 7) is 15.9. The van der Waals surface area contributed by atoms with Crippen LogP contribution < -0.4 is 0 Å². The minimum atomic E-state index is -0.514. The lowest BCUT2D eigenvalue weighted by Gasteiger charge is -2.20. The third-order valence-electron chi connectivity index (χ3n) is 7.74. The molecule has 33 heavy (non-hydrogen) atoms. The Hall–Kier alpha value is -2.71. The summed E-state index contributed by atoms with van der Waals surface area (Å²) in [4.78, 5) is 4.94. The van der Waals surface area contributed by atoms with Gasteiger partial charge in [0, 0.05) is 11.3 Å². The molecule has 5 rings (SSSR count). The first-order valence-electron chi connectivity index (χ1n) is 12.3. The summed E-state index contributed by atoms with van der Waals surface area (Å²) in [7, 11) is -0.514. The van der Waals surface area contributed by atoms with E-state index in [1.54, 1.807) is 5.20 Å². The van der Waals surface area contributed by atoms with Gasteiger partial charge in [-0.15, -0.1) is 0 Å². The molecule has 0 N–H and O–H groups in total. The summed E-state index contributed by atoms with van der Waals surface area (Å²) in [6.07, 6.45) is 5.88. The molecule has 1 heterocycles. The molecule has 0 radical (unpaired) electrons. The molecule has 3 aliphatic rings. The smallest absolute Gasteiger partial charge is 0.0710 e. The maximum atomic E-state index is 4.94. The highest BCUT2D eigenvalue weighted by atomic mass is 28.2. The largest absolute Gasteiger partial charge is 0.253 e. The van der Waals surface area contributed by atoms with Gasteiger partial charge in [-0.25, -0.2) is 0 Å². The lowest BCUT2D eigenvalue weighted by Crippen LogP contribution is -2.11. The van der Waals surface area contributed by atoms with Crippen molar-refractivity contribution >= 4 is 21.3 Å². The van der Waals surface area contributed by atoms with Gasteiger partial charge in [0.2, 0.25) is 0 Å². The number of nitrogens with zero attached hydrogens (tertiary/aromatic N) is 1. The second-order valence-electron chi connectivity index (χ2n) is 10.9. The SMILES string of the molecule is CCC1=NC2=CC([SiH2]C3C(C)=Cc4c(-c5ccc(C(C)(C)C)cc5)cccc43)=C(C)C2=C1C. The van der Waals surface area contributed by atoms with Crippen LogP contribution in [-0.2, 0) is 5.41 Å². The highest BCUT2D eigenvalue weighted by Crippen LogP contribution is 2.44. The van der Waals surface area contributed by atoms with Crippen molar-refractivity contribution in [2.45, 2.75) is 65.8 Å². The normalized spacial score (nSPS) is 20.0. The molecule has 1 atom stereocenters. The van der Waals surface area contributed by atoms with Crippen LogP contribution in [0.5, 0.6) is 0 Å². The molecule has 0 bridgehead atoms. The quantitative estimate of drug-likeness (QED) is 0.425. The fourth-order valence-corrected chi connectivity index (χ4v) is 7.95. The van der Waals surface area contributed by atoms with Gasteiger partial charge in [0.05, 0.1) is 15.2 Å². The van der Waals surface area contributed by atoms with Crippen molar-refractivity contribution in [2.24, 2.45) is 4.99 Å². The van der Waals surface area contributed by atoms with E-state index in [2.05, 4.69) is 103 Å². The highest BCUT2D eigenvalue weighted by molar-refractivity contribution is 6.50. The summed E-state index contributed by atoms with van der Waals surface area (Å²) in [6, 6.07) is 16.1. The Kier molecular flexibility index (Phi) is 5.32. The van der Waals surface area contributed by atoms with Gasteiger partial charge >= 0.3 is 0 Å². The first-order chi connectivity index (χ1) is 15.7. The number of hydrogen-bond donors (Lipinski definition) is 0. The van der Waals surface area contributed by atoms with Gasteiger partial charge in [-0.05, 0) is 83.2 Å². The van der Waals surface area contributed by atoms with Crippen molar-refractivity contribution < 1.29 is 0 Å². The maximum absolute atomic E-state index is 4.94. The molecule has 2 aliphatic carbocycles. The summed E-state index contributed by atoms with van der Waals surface area (Å²) in [5, 5.41) is 1.59. The van der Waals surface area contributed by atoms with Crippen LogP contribution in [0, 0.1) is 0 Å². The molecule has 2 aromatic carbocycles. The molecule has 0 spiro atoms. The standard InChI is InChI=1S/C31H35NSi/c1-8-26-19(3)29-20(4)28(17-27(29)32-26)33-30-18(2)16-25-23(10-9-11-24(25)30)21-12-14-22(15-13-21)31(5,6)7/h9-17,30H,8,33H2,1-7H3. The number of hydrogen-bond acceptors (Lipinski definition) is 1. The molecule has 0 amide bonds. The molecule has 168 valence electrons. The topological polar surface area (TPSA) is 12.4 Å². The molecule has 1 unspecified atom stereocenters. The van der Waals surface area contributed by atoms with Gasteiger partial charge in [0.15, 0.2) is 0 Å². The predicted molar refractivity (Wildman–Crippen MR) is 147 cm³/mol. The molecule has 0 saturated heterocycles. The van der Waals surface area contributed by atoms with E-state index < -0.39 is 9.52 Å². The minimum Gasteiger partial charge on any atom is -0.253 e. The van der Waals surface area contributed by atoms with Gasteiger partial charge in [0.25, 0.3) is 0 Å². The van der Waals surface area contributed by atoms with Crippen molar-refractivity contribution in [3.63, 3.8) is 0 Å². The van der Waals surface area contributed by atoms with E-state index in [4.69, 9.17) is 4.99 Å². The molecule has 0 aromatic heterocycles. The van der Waals surface area contributed by atoms with Gasteiger partial charge in [-0.2, -0.15) is 0 Å². The number of benzene rings is 2. The van der Waals surface area contributed by atoms with Gasteiger partial charge in [0.1, 0.15) is 0 Å². The van der Waals surface area contributed by atoms with Crippen molar-refractivity contribution in [2.75, 3.05) is 0 Å². The van der Waals surface area contributed by atoms with Crippen LogP contribution >= 0.6 is 0 Å². The molecular formula is C31H35NSi. The van der Waals surface area contributed by atoms with E-state index in [-0.39, 0.29) is 5.41 Å². The zero-order chi connectivity index (χ0) is 23.5. The average molecular weight is 450 g/mol. The Labute approximate surface area is 201 Å². The number of fused-ring (bicyclic) bond motifs is 2. The van der Waals surface area contributed by atoms with Crippen LogP contribution in [0.1, 0.15) is 77.1 Å². The van der Waals surface area contributed by atoms with Crippen molar-refractivity contribution in [3.8, 4) is 11.1 Å². The van der Waals surface area contributed by atoms with E-state index in [0.717, 1.165) is 6.42 Å². The molecule has 1 nitrogen and oxygen atoms in total. The molecule has 0 fully saturated rings. The van der Waals surface area contributed by atoms with Crippen molar-refractivity contribution in [1.82, 2.24) is 0 Å². The Morgan fingerprint density at radius 2 is 1.64 bits per heavy atom. The van der Waals surface area contributed by atoms with Crippen molar-refractivity contribution in [1.29, 1.82) is 0 Å². The monoisotopic (exact) mass is 449 g/mol. The zero-order valence-electron chi connectivity index (χ0n) is 21.1. The second-order valence-corrected chi connectivity index (χ2v) is 12.9. The lowest BCUT2D eigenvalue weighted by molar-refractivity contribution is 0.590. The summed E-state index contributed by atoms with van der Waals surface area (Å²) < 4.78 is 0. The van der Waals surface area contributed by atoms with Crippen LogP contribution in [0.15, 0.2) is 86.7 Å². The van der Waals surface area contributed by atoms with E-state index >= 15 is 0 Å². The van der Waals surface area contributed by atoms with E-state index in [1.807, 2.05) is 0 Å². The molecular weight excluding hydrogens is 414 g/mol. The number of rotatable bonds is 4. The summed E-state index contributed by atoms with van der Waals surface area (Å²) in [5.41, 5.74) is 16.1. The Bertz CT molecular complexity index is 1300. The third kappa shape index (κ3) is 3.65. The molecule has 2 heteroatoms. The molecule has 1 aliphatic heterocycles. The van der Waals surface area contributed by atoms with Gasteiger partial charge < -0.3 is 0 Å². The Balaban J connectivity index is 1.47. The van der Waals surface area contributed by atoms with E-state index in [1.165, 1.54) is 61.5 Å². The summed E-state index contributed by atoms with van der Waals surface area (Å²) in [5.74, 6) is 0. The third-order valence-corrected chi connectivity index (χ3v) is 10.4. The van der Waals surface area contributed by atoms with Crippen LogP contribution in [0.4, 0.5) is 0 Å². The lowest BCUT2D eigenvalue weighted by atomic mass is 9.86. The zero-order valence-corrected chi connectivity index (χ0v) is 22.5. The van der Waals surface area contributed by atoms with Crippen molar-refractivity contribution in [3.05, 3.63) is 98.4 Å². The van der Waals surface area contributed by atoms with Gasteiger partial charge in [-0.1, -0.05) is 87.0 Å². The van der Waals surface area contributed by atoms with Crippen LogP contribution in [-0.4, -0.2) is 15.2 Å². The maximum Gasteiger partial charge on any atom is 0.0710 e. The predicted octanol–water partition coefficient (Wildman–Crippen LogP) is 7.63. The van der Waals surface area contributed by atoms with Crippen LogP contribution in [0.2, 0.25) is 0 Å². The average Bonchev–Trinajstić information content (AvgIpc) is 3.38. The van der Waals surface area contributed by atoms with E-state index in [0.29, 0.717) is 5.54 Å². The number of aliphatic imine (C=N–C) groups is 1. The first kappa shape index (κ1) is 22.1. The fraction of sp³-hybridized carbons (Fsp3) is 0.323. The second kappa shape index (κ2) is 7.95. The van der Waals surface area contributed by atoms with Crippen LogP contribution in [0.3, 0.4) is 0 Å². The Morgan fingerprint density at radius 1 is 0.909 bits per heavy atom.